The van der Waals surface area contributed by atoms with Gasteiger partial charge in [-0.25, -0.2) is 0 Å². The quantitative estimate of drug-likeness (QED) is 0.742. The Balaban J connectivity index is 2.32. The van der Waals surface area contributed by atoms with E-state index in [1.54, 1.807) is 0 Å². The maximum absolute atomic E-state index is 4.55. The Bertz CT molecular complexity index is 340. The highest BCUT2D eigenvalue weighted by molar-refractivity contribution is 5.26. The molecule has 0 aromatic carbocycles. The van der Waals surface area contributed by atoms with Gasteiger partial charge in [-0.1, -0.05) is 46.0 Å². The van der Waals surface area contributed by atoms with Crippen LogP contribution >= 0.6 is 0 Å². The van der Waals surface area contributed by atoms with Gasteiger partial charge in [-0.15, -0.1) is 0 Å². The Hall–Kier alpha value is -0.920. The molecule has 0 spiro atoms. The fraction of sp³-hybridized carbons (Fsp3) is 0.765. The van der Waals surface area contributed by atoms with E-state index in [2.05, 4.69) is 30.1 Å². The first-order valence-corrected chi connectivity index (χ1v) is 8.18. The largest absolute Gasteiger partial charge is 0.159 e. The summed E-state index contributed by atoms with van der Waals surface area (Å²) in [6, 6.07) is 2.25. The summed E-state index contributed by atoms with van der Waals surface area (Å²) in [4.78, 5) is 0. The highest BCUT2D eigenvalue weighted by Crippen LogP contribution is 2.37. The van der Waals surface area contributed by atoms with Gasteiger partial charge in [0.15, 0.2) is 0 Å². The molecule has 2 atom stereocenters. The fourth-order valence-corrected chi connectivity index (χ4v) is 3.54. The Kier molecular flexibility index (Phi) is 5.81. The van der Waals surface area contributed by atoms with Crippen LogP contribution in [0.25, 0.3) is 0 Å². The zero-order valence-electron chi connectivity index (χ0n) is 12.6. The van der Waals surface area contributed by atoms with Gasteiger partial charge < -0.3 is 0 Å². The van der Waals surface area contributed by atoms with Crippen molar-refractivity contribution in [2.24, 2.45) is 0 Å². The molecule has 1 aromatic rings. The molecule has 0 bridgehead atoms. The van der Waals surface area contributed by atoms with Crippen LogP contribution in [-0.4, -0.2) is 10.2 Å². The minimum Gasteiger partial charge on any atom is -0.159 e. The Morgan fingerprint density at radius 2 is 1.68 bits per heavy atom. The number of aromatic nitrogens is 2. The lowest BCUT2D eigenvalue weighted by Gasteiger charge is -2.21. The highest BCUT2D eigenvalue weighted by atomic mass is 15.1. The van der Waals surface area contributed by atoms with E-state index in [-0.39, 0.29) is 0 Å². The third kappa shape index (κ3) is 3.77. The van der Waals surface area contributed by atoms with Gasteiger partial charge in [0.1, 0.15) is 0 Å². The van der Waals surface area contributed by atoms with Gasteiger partial charge in [-0.05, 0) is 43.2 Å². The van der Waals surface area contributed by atoms with Crippen molar-refractivity contribution in [3.05, 3.63) is 23.5 Å². The second-order valence-corrected chi connectivity index (χ2v) is 5.98. The molecule has 0 N–H and O–H groups in total. The summed E-state index contributed by atoms with van der Waals surface area (Å²) in [6.45, 7) is 4.58. The molecule has 19 heavy (non-hydrogen) atoms. The molecule has 0 fully saturated rings. The molecule has 2 rings (SSSR count). The SMILES string of the molecule is CCCC1CCCCCC(CCC)c2nnccc21. The van der Waals surface area contributed by atoms with Crippen molar-refractivity contribution in [1.29, 1.82) is 0 Å². The summed E-state index contributed by atoms with van der Waals surface area (Å²) in [6.07, 6.45) is 13.8. The lowest BCUT2D eigenvalue weighted by atomic mass is 9.85. The Morgan fingerprint density at radius 1 is 1.00 bits per heavy atom. The molecule has 1 aromatic heterocycles. The number of rotatable bonds is 4. The van der Waals surface area contributed by atoms with Crippen molar-refractivity contribution in [3.8, 4) is 0 Å². The van der Waals surface area contributed by atoms with Crippen molar-refractivity contribution in [3.63, 3.8) is 0 Å². The molecular formula is C17H28N2. The molecule has 106 valence electrons. The van der Waals surface area contributed by atoms with Gasteiger partial charge in [-0.2, -0.15) is 10.2 Å². The van der Waals surface area contributed by atoms with E-state index in [0.29, 0.717) is 11.8 Å². The van der Waals surface area contributed by atoms with Gasteiger partial charge >= 0.3 is 0 Å². The monoisotopic (exact) mass is 260 g/mol. The van der Waals surface area contributed by atoms with E-state index in [1.165, 1.54) is 69.0 Å². The lowest BCUT2D eigenvalue weighted by molar-refractivity contribution is 0.511. The summed E-state index contributed by atoms with van der Waals surface area (Å²) in [5.41, 5.74) is 2.84. The molecule has 2 heteroatoms. The van der Waals surface area contributed by atoms with Crippen molar-refractivity contribution < 1.29 is 0 Å². The molecule has 1 heterocycles. The van der Waals surface area contributed by atoms with E-state index in [0.717, 1.165) is 0 Å². The molecule has 0 radical (unpaired) electrons. The van der Waals surface area contributed by atoms with E-state index in [4.69, 9.17) is 0 Å². The second-order valence-electron chi connectivity index (χ2n) is 5.98. The minimum absolute atomic E-state index is 0.645. The van der Waals surface area contributed by atoms with Crippen LogP contribution in [0, 0.1) is 0 Å². The normalized spacial score (nSPS) is 24.1. The third-order valence-electron chi connectivity index (χ3n) is 4.49. The molecule has 2 nitrogen and oxygen atoms in total. The lowest BCUT2D eigenvalue weighted by Crippen LogP contribution is -2.10. The molecule has 0 aliphatic heterocycles. The van der Waals surface area contributed by atoms with Gasteiger partial charge in [0.05, 0.1) is 5.69 Å². The summed E-state index contributed by atoms with van der Waals surface area (Å²) in [5, 5.41) is 8.72. The Morgan fingerprint density at radius 3 is 2.42 bits per heavy atom. The second kappa shape index (κ2) is 7.62. The standard InChI is InChI=1S/C17H28N2/c1-3-8-14-10-6-5-7-11-15(9-4-2)17-16(14)12-13-18-19-17/h12-15H,3-11H2,1-2H3. The first-order chi connectivity index (χ1) is 9.36. The maximum Gasteiger partial charge on any atom is 0.0696 e. The van der Waals surface area contributed by atoms with E-state index in [1.807, 2.05) is 6.20 Å². The van der Waals surface area contributed by atoms with Crippen LogP contribution in [0.15, 0.2) is 12.3 Å². The van der Waals surface area contributed by atoms with Gasteiger partial charge in [-0.3, -0.25) is 0 Å². The van der Waals surface area contributed by atoms with Crippen LogP contribution in [0.2, 0.25) is 0 Å². The first-order valence-electron chi connectivity index (χ1n) is 8.18. The van der Waals surface area contributed by atoms with Crippen molar-refractivity contribution >= 4 is 0 Å². The zero-order chi connectivity index (χ0) is 13.5. The van der Waals surface area contributed by atoms with Crippen LogP contribution in [0.5, 0.6) is 0 Å². The number of nitrogens with zero attached hydrogens (tertiary/aromatic N) is 2. The molecule has 0 saturated carbocycles. The summed E-state index contributed by atoms with van der Waals surface area (Å²) >= 11 is 0. The summed E-state index contributed by atoms with van der Waals surface area (Å²) in [5.74, 6) is 1.36. The van der Waals surface area contributed by atoms with Crippen LogP contribution in [0.3, 0.4) is 0 Å². The van der Waals surface area contributed by atoms with E-state index >= 15 is 0 Å². The minimum atomic E-state index is 0.645. The predicted molar refractivity (Wildman–Crippen MR) is 80.4 cm³/mol. The molecule has 0 saturated heterocycles. The highest BCUT2D eigenvalue weighted by Gasteiger charge is 2.23. The first kappa shape index (κ1) is 14.5. The Labute approximate surface area is 118 Å². The van der Waals surface area contributed by atoms with E-state index < -0.39 is 0 Å². The molecular weight excluding hydrogens is 232 g/mol. The average Bonchev–Trinajstić information content (AvgIpc) is 2.51. The number of fused-ring (bicyclic) bond motifs is 1. The topological polar surface area (TPSA) is 25.8 Å². The van der Waals surface area contributed by atoms with Gasteiger partial charge in [0, 0.05) is 12.1 Å². The third-order valence-corrected chi connectivity index (χ3v) is 4.49. The number of hydrogen-bond acceptors (Lipinski definition) is 2. The van der Waals surface area contributed by atoms with E-state index in [9.17, 15) is 0 Å². The summed E-state index contributed by atoms with van der Waals surface area (Å²) < 4.78 is 0. The summed E-state index contributed by atoms with van der Waals surface area (Å²) in [7, 11) is 0. The van der Waals surface area contributed by atoms with Crippen molar-refractivity contribution in [2.75, 3.05) is 0 Å². The predicted octanol–water partition coefficient (Wildman–Crippen LogP) is 5.21. The fourth-order valence-electron chi connectivity index (χ4n) is 3.54. The average molecular weight is 260 g/mol. The van der Waals surface area contributed by atoms with Crippen LogP contribution in [-0.2, 0) is 0 Å². The van der Waals surface area contributed by atoms with Crippen molar-refractivity contribution in [2.45, 2.75) is 83.5 Å². The molecule has 0 amide bonds. The van der Waals surface area contributed by atoms with Crippen LogP contribution in [0.1, 0.15) is 94.7 Å². The molecule has 2 unspecified atom stereocenters. The van der Waals surface area contributed by atoms with Gasteiger partial charge in [0.2, 0.25) is 0 Å². The molecule has 1 aliphatic carbocycles. The smallest absolute Gasteiger partial charge is 0.0696 e. The zero-order valence-corrected chi connectivity index (χ0v) is 12.6. The number of hydrogen-bond donors (Lipinski definition) is 0. The maximum atomic E-state index is 4.55. The van der Waals surface area contributed by atoms with Crippen LogP contribution in [0.4, 0.5) is 0 Å². The van der Waals surface area contributed by atoms with Crippen molar-refractivity contribution in [1.82, 2.24) is 10.2 Å². The van der Waals surface area contributed by atoms with Crippen LogP contribution < -0.4 is 0 Å². The van der Waals surface area contributed by atoms with Gasteiger partial charge in [0.25, 0.3) is 0 Å². The molecule has 1 aliphatic rings.